The summed E-state index contributed by atoms with van der Waals surface area (Å²) in [6.07, 6.45) is 1.54. The van der Waals surface area contributed by atoms with Crippen molar-refractivity contribution in [2.75, 3.05) is 23.9 Å². The second-order valence-electron chi connectivity index (χ2n) is 9.30. The number of anilines is 2. The molecule has 0 radical (unpaired) electrons. The molecule has 0 aromatic heterocycles. The minimum absolute atomic E-state index is 0.0559. The molecule has 0 unspecified atom stereocenters. The molecule has 1 N–H and O–H groups in total. The molecule has 4 aliphatic rings. The first-order chi connectivity index (χ1) is 16.3. The molecule has 4 aliphatic heterocycles. The minimum atomic E-state index is -1.26. The van der Waals surface area contributed by atoms with Gasteiger partial charge >= 0.3 is 0 Å². The van der Waals surface area contributed by atoms with E-state index in [4.69, 9.17) is 4.74 Å². The average molecular weight is 462 g/mol. The first kappa shape index (κ1) is 20.8. The zero-order valence-electron chi connectivity index (χ0n) is 18.6. The first-order valence-corrected chi connectivity index (χ1v) is 11.2. The van der Waals surface area contributed by atoms with Gasteiger partial charge in [-0.05, 0) is 38.4 Å². The quantitative estimate of drug-likeness (QED) is 0.422. The van der Waals surface area contributed by atoms with Crippen molar-refractivity contribution in [1.82, 2.24) is 4.90 Å². The van der Waals surface area contributed by atoms with Gasteiger partial charge in [0.2, 0.25) is 17.7 Å². The van der Waals surface area contributed by atoms with E-state index in [-0.39, 0.29) is 29.1 Å². The summed E-state index contributed by atoms with van der Waals surface area (Å²) in [5, 5.41) is 14.2. The fourth-order valence-corrected chi connectivity index (χ4v) is 6.52. The maximum Gasteiger partial charge on any atom is 0.273 e. The molecule has 174 valence electrons. The molecule has 3 saturated heterocycles. The van der Waals surface area contributed by atoms with Crippen molar-refractivity contribution in [3.8, 4) is 5.75 Å². The van der Waals surface area contributed by atoms with Crippen LogP contribution in [0.5, 0.6) is 5.75 Å². The van der Waals surface area contributed by atoms with E-state index in [1.54, 1.807) is 0 Å². The highest BCUT2D eigenvalue weighted by Crippen LogP contribution is 2.61. The highest BCUT2D eigenvalue weighted by Gasteiger charge is 2.74. The number of fused-ring (bicyclic) bond motifs is 7. The van der Waals surface area contributed by atoms with Gasteiger partial charge in [-0.25, -0.2) is 4.90 Å². The number of nitro benzene ring substituents is 1. The van der Waals surface area contributed by atoms with Crippen LogP contribution in [-0.2, 0) is 19.9 Å². The van der Waals surface area contributed by atoms with Crippen molar-refractivity contribution in [2.45, 2.75) is 31.3 Å². The van der Waals surface area contributed by atoms with Gasteiger partial charge in [-0.3, -0.25) is 29.4 Å². The van der Waals surface area contributed by atoms with Crippen LogP contribution in [-0.4, -0.2) is 47.2 Å². The molecule has 2 aromatic rings. The topological polar surface area (TPSA) is 122 Å². The number of hydrogen-bond donors (Lipinski definition) is 1. The van der Waals surface area contributed by atoms with E-state index in [1.165, 1.54) is 25.3 Å². The van der Waals surface area contributed by atoms with E-state index in [1.807, 2.05) is 25.1 Å². The zero-order chi connectivity index (χ0) is 23.9. The molecule has 3 amide bonds. The van der Waals surface area contributed by atoms with E-state index < -0.39 is 34.1 Å². The molecule has 3 fully saturated rings. The van der Waals surface area contributed by atoms with Crippen LogP contribution in [0.3, 0.4) is 0 Å². The van der Waals surface area contributed by atoms with Crippen LogP contribution in [0, 0.1) is 28.9 Å². The van der Waals surface area contributed by atoms with Crippen LogP contribution in [0.15, 0.2) is 36.4 Å². The molecule has 0 saturated carbocycles. The number of carbonyl (C=O) groups excluding carboxylic acids is 3. The number of hydrogen-bond acceptors (Lipinski definition) is 7. The summed E-state index contributed by atoms with van der Waals surface area (Å²) >= 11 is 0. The molecule has 0 bridgehead atoms. The molecule has 2 aromatic carbocycles. The minimum Gasteiger partial charge on any atom is -0.494 e. The maximum absolute atomic E-state index is 14.0. The Morgan fingerprint density at radius 3 is 2.68 bits per heavy atom. The number of nitrogens with one attached hydrogen (secondary N) is 1. The number of methoxy groups -OCH3 is 1. The van der Waals surface area contributed by atoms with E-state index in [0.29, 0.717) is 18.7 Å². The highest BCUT2D eigenvalue weighted by atomic mass is 16.6. The summed E-state index contributed by atoms with van der Waals surface area (Å²) in [5.74, 6) is -2.70. The Balaban J connectivity index is 1.53. The second kappa shape index (κ2) is 6.86. The molecular weight excluding hydrogens is 440 g/mol. The maximum atomic E-state index is 14.0. The number of carbonyl (C=O) groups is 3. The summed E-state index contributed by atoms with van der Waals surface area (Å²) in [6, 6.07) is 9.23. The number of amides is 3. The Morgan fingerprint density at radius 2 is 1.94 bits per heavy atom. The third-order valence-electron chi connectivity index (χ3n) is 7.76. The van der Waals surface area contributed by atoms with E-state index in [2.05, 4.69) is 10.2 Å². The molecule has 34 heavy (non-hydrogen) atoms. The lowest BCUT2D eigenvalue weighted by molar-refractivity contribution is -0.384. The third kappa shape index (κ3) is 2.35. The SMILES string of the molecule is COc1cc([N+](=O)[O-])ccc1N1C(=O)[C@H]2[C@@H](C1=O)[C@]1(C(=O)Nc3ccc(C)cc31)N1CCC[C@@H]21. The number of imide groups is 1. The standard InChI is InChI=1S/C24H22N4O6/c1-12-5-7-15-14(10-12)24(23(31)25-15)20-19(17-4-3-9-26(17)24)21(29)27(22(20)30)16-8-6-13(28(32)33)11-18(16)34-2/h5-8,10-11,17,19-20H,3-4,9H2,1-2H3,(H,25,31)/t17-,19+,20-,24+/m0/s1. The third-order valence-corrected chi connectivity index (χ3v) is 7.76. The average Bonchev–Trinajstić information content (AvgIpc) is 3.52. The Morgan fingerprint density at radius 1 is 1.15 bits per heavy atom. The fourth-order valence-electron chi connectivity index (χ4n) is 6.52. The monoisotopic (exact) mass is 462 g/mol. The van der Waals surface area contributed by atoms with Crippen LogP contribution in [0.4, 0.5) is 17.1 Å². The normalized spacial score (nSPS) is 29.4. The van der Waals surface area contributed by atoms with Gasteiger partial charge in [0, 0.05) is 23.4 Å². The largest absolute Gasteiger partial charge is 0.494 e. The lowest BCUT2D eigenvalue weighted by atomic mass is 9.75. The van der Waals surface area contributed by atoms with Crippen molar-refractivity contribution >= 4 is 34.8 Å². The smallest absolute Gasteiger partial charge is 0.273 e. The molecule has 1 spiro atoms. The number of ether oxygens (including phenoxy) is 1. The van der Waals surface area contributed by atoms with Gasteiger partial charge in [-0.15, -0.1) is 0 Å². The van der Waals surface area contributed by atoms with E-state index in [0.717, 1.165) is 22.4 Å². The lowest BCUT2D eigenvalue weighted by Gasteiger charge is -2.36. The number of non-ortho nitro benzene ring substituents is 1. The number of benzene rings is 2. The van der Waals surface area contributed by atoms with Gasteiger partial charge in [-0.2, -0.15) is 0 Å². The molecule has 6 rings (SSSR count). The van der Waals surface area contributed by atoms with Crippen LogP contribution in [0.25, 0.3) is 0 Å². The number of aryl methyl sites for hydroxylation is 1. The van der Waals surface area contributed by atoms with Gasteiger partial charge in [0.1, 0.15) is 11.3 Å². The Labute approximate surface area is 194 Å². The summed E-state index contributed by atoms with van der Waals surface area (Å²) in [7, 11) is 1.33. The predicted octanol–water partition coefficient (Wildman–Crippen LogP) is 2.34. The molecule has 10 heteroatoms. The summed E-state index contributed by atoms with van der Waals surface area (Å²) in [5.41, 5.74) is 1.03. The van der Waals surface area contributed by atoms with Gasteiger partial charge in [0.05, 0.1) is 35.6 Å². The van der Waals surface area contributed by atoms with Crippen molar-refractivity contribution in [3.05, 3.63) is 57.6 Å². The van der Waals surface area contributed by atoms with Gasteiger partial charge in [0.25, 0.3) is 5.69 Å². The molecular formula is C24H22N4O6. The van der Waals surface area contributed by atoms with Crippen molar-refractivity contribution < 1.29 is 24.0 Å². The summed E-state index contributed by atoms with van der Waals surface area (Å²) in [6.45, 7) is 2.56. The Bertz CT molecular complexity index is 1310. The van der Waals surface area contributed by atoms with Crippen molar-refractivity contribution in [3.63, 3.8) is 0 Å². The van der Waals surface area contributed by atoms with E-state index in [9.17, 15) is 24.5 Å². The summed E-state index contributed by atoms with van der Waals surface area (Å²) < 4.78 is 5.32. The van der Waals surface area contributed by atoms with Gasteiger partial charge < -0.3 is 10.1 Å². The molecule has 4 heterocycles. The lowest BCUT2D eigenvalue weighted by Crippen LogP contribution is -2.54. The van der Waals surface area contributed by atoms with Crippen molar-refractivity contribution in [2.24, 2.45) is 11.8 Å². The predicted molar refractivity (Wildman–Crippen MR) is 120 cm³/mol. The zero-order valence-corrected chi connectivity index (χ0v) is 18.6. The molecule has 4 atom stereocenters. The second-order valence-corrected chi connectivity index (χ2v) is 9.30. The summed E-state index contributed by atoms with van der Waals surface area (Å²) in [4.78, 5) is 55.3. The van der Waals surface area contributed by atoms with E-state index >= 15 is 0 Å². The van der Waals surface area contributed by atoms with Crippen LogP contribution in [0.1, 0.15) is 24.0 Å². The number of rotatable bonds is 3. The highest BCUT2D eigenvalue weighted by molar-refractivity contribution is 6.26. The Kier molecular flexibility index (Phi) is 4.20. The van der Waals surface area contributed by atoms with Gasteiger partial charge in [0.15, 0.2) is 0 Å². The number of nitrogens with zero attached hydrogens (tertiary/aromatic N) is 3. The van der Waals surface area contributed by atoms with Crippen LogP contribution >= 0.6 is 0 Å². The van der Waals surface area contributed by atoms with Crippen LogP contribution < -0.4 is 15.0 Å². The first-order valence-electron chi connectivity index (χ1n) is 11.2. The molecule has 10 nitrogen and oxygen atoms in total. The molecule has 0 aliphatic carbocycles. The Hall–Kier alpha value is -3.79. The van der Waals surface area contributed by atoms with Crippen LogP contribution in [0.2, 0.25) is 0 Å². The fraction of sp³-hybridized carbons (Fsp3) is 0.375. The van der Waals surface area contributed by atoms with Crippen molar-refractivity contribution in [1.29, 1.82) is 0 Å². The number of nitro groups is 1. The van der Waals surface area contributed by atoms with Gasteiger partial charge in [-0.1, -0.05) is 17.7 Å².